The third-order valence-corrected chi connectivity index (χ3v) is 7.82. The average Bonchev–Trinajstić information content (AvgIpc) is 3.59. The number of ketones is 1. The Morgan fingerprint density at radius 2 is 1.39 bits per heavy atom. The molecule has 0 unspecified atom stereocenters. The van der Waals surface area contributed by atoms with Crippen LogP contribution in [-0.2, 0) is 24.9 Å². The van der Waals surface area contributed by atoms with Crippen molar-refractivity contribution < 1.29 is 38.8 Å². The van der Waals surface area contributed by atoms with Gasteiger partial charge in [0.2, 0.25) is 0 Å². The molecular weight excluding hydrogens is 751 g/mol. The number of carbonyl (C=O) groups excluding carboxylic acids is 1. The number of hydrogen-bond acceptors (Lipinski definition) is 5. The van der Waals surface area contributed by atoms with E-state index in [4.69, 9.17) is 8.83 Å². The van der Waals surface area contributed by atoms with E-state index in [-0.39, 0.29) is 37.1 Å². The van der Waals surface area contributed by atoms with Gasteiger partial charge in [0.15, 0.2) is 5.78 Å². The molecule has 5 nitrogen and oxygen atoms in total. The minimum Gasteiger partial charge on any atom is -0.512 e. The van der Waals surface area contributed by atoms with Crippen molar-refractivity contribution in [1.82, 2.24) is 4.98 Å². The number of allylic oxidation sites excluding steroid dienone is 2. The number of pyridine rings is 1. The van der Waals surface area contributed by atoms with Crippen LogP contribution in [-0.4, -0.2) is 15.9 Å². The van der Waals surface area contributed by atoms with Crippen molar-refractivity contribution in [2.24, 2.45) is 10.8 Å². The van der Waals surface area contributed by atoms with E-state index in [1.165, 1.54) is 6.08 Å². The first-order valence-electron chi connectivity index (χ1n) is 15.1. The van der Waals surface area contributed by atoms with Gasteiger partial charge in [0.1, 0.15) is 28.1 Å². The van der Waals surface area contributed by atoms with Gasteiger partial charge in [-0.05, 0) is 35.5 Å². The summed E-state index contributed by atoms with van der Waals surface area (Å²) in [6.07, 6.45) is 3.17. The van der Waals surface area contributed by atoms with E-state index >= 15 is 0 Å². The van der Waals surface area contributed by atoms with Crippen LogP contribution in [0.5, 0.6) is 0 Å². The first-order valence-corrected chi connectivity index (χ1v) is 15.1. The Kier molecular flexibility index (Phi) is 9.08. The molecule has 3 heterocycles. The normalized spacial score (nSPS) is 12.3. The molecule has 1 radical (unpaired) electrons. The maximum absolute atomic E-state index is 11.5. The molecule has 0 aliphatic rings. The summed E-state index contributed by atoms with van der Waals surface area (Å²) in [4.78, 5) is 16.1. The van der Waals surface area contributed by atoms with Crippen LogP contribution in [0, 0.1) is 16.9 Å². The van der Waals surface area contributed by atoms with E-state index in [1.807, 2.05) is 114 Å². The molecule has 0 saturated heterocycles. The number of nitrogens with zero attached hydrogens (tertiary/aromatic N) is 1. The average molecular weight is 787 g/mol. The number of rotatable bonds is 3. The van der Waals surface area contributed by atoms with Gasteiger partial charge in [-0.25, -0.2) is 0 Å². The van der Waals surface area contributed by atoms with Crippen molar-refractivity contribution in [3.8, 4) is 22.4 Å². The van der Waals surface area contributed by atoms with Crippen molar-refractivity contribution in [1.29, 1.82) is 0 Å². The number of aromatic nitrogens is 1. The topological polar surface area (TPSA) is 76.5 Å². The van der Waals surface area contributed by atoms with Crippen molar-refractivity contribution in [3.05, 3.63) is 115 Å². The van der Waals surface area contributed by atoms with Crippen molar-refractivity contribution in [2.75, 3.05) is 0 Å². The Bertz CT molecular complexity index is 2210. The van der Waals surface area contributed by atoms with Gasteiger partial charge < -0.3 is 18.9 Å². The first-order chi connectivity index (χ1) is 21.4. The molecule has 0 saturated carbocycles. The van der Waals surface area contributed by atoms with Crippen LogP contribution in [0.15, 0.2) is 118 Å². The summed E-state index contributed by atoms with van der Waals surface area (Å²) in [7, 11) is 0. The number of benzene rings is 4. The SMILES string of the molecule is CC(C)(C)C(=O)/C=C(\O)C(C)(C)C.[Ir].[c-]1ccccc1-c1cc(-c2cc3oc4ccccc4c3c3c2oc2ccccc23)ccn1. The van der Waals surface area contributed by atoms with Gasteiger partial charge in [-0.2, -0.15) is 0 Å². The Balaban J connectivity index is 0.000000256. The fraction of sp³-hybridized carbons (Fsp3) is 0.200. The molecule has 235 valence electrons. The second-order valence-electron chi connectivity index (χ2n) is 13.3. The summed E-state index contributed by atoms with van der Waals surface area (Å²) in [6.45, 7) is 11.1. The van der Waals surface area contributed by atoms with Gasteiger partial charge in [-0.3, -0.25) is 4.79 Å². The van der Waals surface area contributed by atoms with Gasteiger partial charge in [0.25, 0.3) is 0 Å². The van der Waals surface area contributed by atoms with Crippen LogP contribution in [0.4, 0.5) is 0 Å². The summed E-state index contributed by atoms with van der Waals surface area (Å²) < 4.78 is 12.7. The molecule has 0 spiro atoms. The van der Waals surface area contributed by atoms with Crippen LogP contribution in [0.25, 0.3) is 66.3 Å². The number of hydrogen-bond donors (Lipinski definition) is 1. The first kappa shape index (κ1) is 32.9. The molecule has 6 heteroatoms. The number of aliphatic hydroxyl groups excluding tert-OH is 1. The van der Waals surface area contributed by atoms with Crippen LogP contribution >= 0.6 is 0 Å². The quantitative estimate of drug-likeness (QED) is 0.110. The van der Waals surface area contributed by atoms with E-state index in [1.54, 1.807) is 0 Å². The summed E-state index contributed by atoms with van der Waals surface area (Å²) in [6, 6.07) is 33.7. The third kappa shape index (κ3) is 6.42. The van der Waals surface area contributed by atoms with Crippen molar-refractivity contribution >= 4 is 49.7 Å². The zero-order valence-corrected chi connectivity index (χ0v) is 29.2. The van der Waals surface area contributed by atoms with E-state index in [0.717, 1.165) is 66.3 Å². The van der Waals surface area contributed by atoms with Gasteiger partial charge in [-0.1, -0.05) is 84.0 Å². The summed E-state index contributed by atoms with van der Waals surface area (Å²) in [5.74, 6) is 0.104. The number of fused-ring (bicyclic) bond motifs is 7. The largest absolute Gasteiger partial charge is 0.512 e. The maximum Gasteiger partial charge on any atom is 0.164 e. The number of furan rings is 2. The maximum atomic E-state index is 11.5. The van der Waals surface area contributed by atoms with E-state index in [2.05, 4.69) is 35.3 Å². The third-order valence-electron chi connectivity index (χ3n) is 7.82. The molecule has 7 aromatic rings. The molecule has 0 aliphatic heterocycles. The standard InChI is InChI=1S/C29H16NO2.C11H20O2.Ir/c1-2-8-18(9-3-1)23-16-19(14-15-30-23)22-17-26-27(20-10-4-6-12-24(20)31-26)28-21-11-5-7-13-25(21)32-29(22)28;1-10(2,3)8(12)7-9(13)11(4,5)6;/h1-8,10-17H;7,12H,1-6H3;/q-1;;/b;8-7-;. The zero-order valence-electron chi connectivity index (χ0n) is 26.8. The molecule has 0 aliphatic carbocycles. The smallest absolute Gasteiger partial charge is 0.164 e. The van der Waals surface area contributed by atoms with Crippen LogP contribution in [0.3, 0.4) is 0 Å². The van der Waals surface area contributed by atoms with Crippen molar-refractivity contribution in [3.63, 3.8) is 0 Å². The Morgan fingerprint density at radius 3 is 2.02 bits per heavy atom. The Hall–Kier alpha value is -4.51. The molecule has 1 N–H and O–H groups in total. The molecule has 7 rings (SSSR count). The van der Waals surface area contributed by atoms with Crippen LogP contribution in [0.1, 0.15) is 41.5 Å². The summed E-state index contributed by atoms with van der Waals surface area (Å²) in [5, 5.41) is 13.9. The Labute approximate surface area is 282 Å². The molecule has 0 atom stereocenters. The minimum absolute atomic E-state index is 0. The molecule has 4 aromatic carbocycles. The fourth-order valence-electron chi connectivity index (χ4n) is 5.17. The Morgan fingerprint density at radius 1 is 0.761 bits per heavy atom. The second kappa shape index (κ2) is 12.7. The molecular formula is C40H36IrNO4-. The molecule has 0 fully saturated rings. The fourth-order valence-corrected chi connectivity index (χ4v) is 5.17. The number of aliphatic hydroxyl groups is 1. The second-order valence-corrected chi connectivity index (χ2v) is 13.3. The molecule has 0 amide bonds. The van der Waals surface area contributed by atoms with Gasteiger partial charge in [-0.15, -0.1) is 35.9 Å². The summed E-state index contributed by atoms with van der Waals surface area (Å²) in [5.41, 5.74) is 6.54. The monoisotopic (exact) mass is 787 g/mol. The molecule has 0 bridgehead atoms. The predicted octanol–water partition coefficient (Wildman–Crippen LogP) is 11.1. The minimum atomic E-state index is -0.417. The zero-order chi connectivity index (χ0) is 31.9. The molecule has 3 aromatic heterocycles. The molecule has 46 heavy (non-hydrogen) atoms. The van der Waals surface area contributed by atoms with Gasteiger partial charge in [0, 0.05) is 70.3 Å². The number of para-hydroxylation sites is 2. The van der Waals surface area contributed by atoms with E-state index in [9.17, 15) is 9.90 Å². The van der Waals surface area contributed by atoms with Crippen LogP contribution < -0.4 is 0 Å². The summed E-state index contributed by atoms with van der Waals surface area (Å²) >= 11 is 0. The van der Waals surface area contributed by atoms with Crippen LogP contribution in [0.2, 0.25) is 0 Å². The number of carbonyl (C=O) groups is 1. The van der Waals surface area contributed by atoms with Crippen molar-refractivity contribution in [2.45, 2.75) is 41.5 Å². The van der Waals surface area contributed by atoms with E-state index < -0.39 is 5.41 Å². The van der Waals surface area contributed by atoms with Gasteiger partial charge >= 0.3 is 0 Å². The van der Waals surface area contributed by atoms with Gasteiger partial charge in [0.05, 0.1) is 0 Å². The predicted molar refractivity (Wildman–Crippen MR) is 183 cm³/mol. The van der Waals surface area contributed by atoms with E-state index in [0.29, 0.717) is 0 Å².